The molecule has 0 aromatic heterocycles. The third-order valence-electron chi connectivity index (χ3n) is 9.95. The maximum atomic E-state index is 17.2. The van der Waals surface area contributed by atoms with E-state index in [-0.39, 0.29) is 30.8 Å². The average molecular weight is 511 g/mol. The highest BCUT2D eigenvalue weighted by atomic mass is 19.1. The van der Waals surface area contributed by atoms with Gasteiger partial charge < -0.3 is 19.7 Å². The van der Waals surface area contributed by atoms with Crippen molar-refractivity contribution in [3.05, 3.63) is 23.8 Å². The Morgan fingerprint density at radius 2 is 1.81 bits per heavy atom. The summed E-state index contributed by atoms with van der Waals surface area (Å²) in [5, 5.41) is 21.8. The van der Waals surface area contributed by atoms with Crippen LogP contribution in [-0.2, 0) is 19.1 Å². The van der Waals surface area contributed by atoms with Gasteiger partial charge in [-0.25, -0.2) is 18.4 Å². The molecule has 0 aliphatic heterocycles. The number of ether oxygens (including phenoxy) is 2. The molecule has 0 radical (unpaired) electrons. The van der Waals surface area contributed by atoms with E-state index in [1.165, 1.54) is 19.1 Å². The topological polar surface area (TPSA) is 110 Å². The maximum Gasteiger partial charge on any atom is 0.509 e. The van der Waals surface area contributed by atoms with Crippen molar-refractivity contribution >= 4 is 17.9 Å². The number of carboxylic acids is 1. The zero-order valence-electron chi connectivity index (χ0n) is 21.6. The number of aliphatic hydroxyl groups is 1. The Labute approximate surface area is 209 Å². The normalized spacial score (nSPS) is 46.3. The van der Waals surface area contributed by atoms with Crippen molar-refractivity contribution in [3.8, 4) is 0 Å². The number of halogens is 2. The molecule has 7 nitrogen and oxygen atoms in total. The van der Waals surface area contributed by atoms with Gasteiger partial charge in [-0.3, -0.25) is 4.79 Å². The molecule has 10 atom stereocenters. The number of rotatable bonds is 4. The third-order valence-corrected chi connectivity index (χ3v) is 9.95. The highest BCUT2D eigenvalue weighted by molar-refractivity contribution is 6.01. The van der Waals surface area contributed by atoms with E-state index in [0.29, 0.717) is 0 Å². The van der Waals surface area contributed by atoms with Crippen molar-refractivity contribution < 1.29 is 42.9 Å². The van der Waals surface area contributed by atoms with Crippen LogP contribution in [-0.4, -0.2) is 57.8 Å². The Kier molecular flexibility index (Phi) is 6.22. The third kappa shape index (κ3) is 3.26. The van der Waals surface area contributed by atoms with E-state index < -0.39 is 76.1 Å². The summed E-state index contributed by atoms with van der Waals surface area (Å²) in [5.41, 5.74) is -7.43. The number of fused-ring (bicyclic) bond motifs is 5. The van der Waals surface area contributed by atoms with Gasteiger partial charge in [-0.1, -0.05) is 33.8 Å². The minimum Gasteiger partial charge on any atom is -0.478 e. The fraction of sp³-hybridized carbons (Fsp3) is 0.741. The van der Waals surface area contributed by atoms with Crippen LogP contribution >= 0.6 is 0 Å². The summed E-state index contributed by atoms with van der Waals surface area (Å²) in [5.74, 6) is -4.42. The lowest BCUT2D eigenvalue weighted by molar-refractivity contribution is -0.232. The molecule has 3 fully saturated rings. The summed E-state index contributed by atoms with van der Waals surface area (Å²) in [4.78, 5) is 37.6. The Morgan fingerprint density at radius 1 is 1.17 bits per heavy atom. The average Bonchev–Trinajstić information content (AvgIpc) is 2.99. The van der Waals surface area contributed by atoms with Gasteiger partial charge in [0, 0.05) is 22.7 Å². The van der Waals surface area contributed by atoms with Crippen LogP contribution in [0.2, 0.25) is 0 Å². The van der Waals surface area contributed by atoms with Crippen LogP contribution in [0.3, 0.4) is 0 Å². The van der Waals surface area contributed by atoms with E-state index >= 15 is 8.78 Å². The largest absolute Gasteiger partial charge is 0.509 e. The monoisotopic (exact) mass is 510 g/mol. The molecule has 0 heterocycles. The molecule has 36 heavy (non-hydrogen) atoms. The Balaban J connectivity index is 1.79. The summed E-state index contributed by atoms with van der Waals surface area (Å²) >= 11 is 0. The lowest BCUT2D eigenvalue weighted by Gasteiger charge is -2.62. The van der Waals surface area contributed by atoms with Gasteiger partial charge in [0.05, 0.1) is 6.10 Å². The van der Waals surface area contributed by atoms with E-state index in [1.807, 2.05) is 13.8 Å². The number of alkyl halides is 2. The molecule has 2 unspecified atom stereocenters. The van der Waals surface area contributed by atoms with Crippen molar-refractivity contribution in [2.24, 2.45) is 34.5 Å². The fourth-order valence-corrected chi connectivity index (χ4v) is 7.68. The number of carboxylic acid groups (broad SMARTS) is 1. The van der Waals surface area contributed by atoms with E-state index in [1.54, 1.807) is 20.8 Å². The summed E-state index contributed by atoms with van der Waals surface area (Å²) in [7, 11) is 0. The minimum atomic E-state index is -2.34. The van der Waals surface area contributed by atoms with Crippen LogP contribution < -0.4 is 0 Å². The Morgan fingerprint density at radius 3 is 2.39 bits per heavy atom. The molecule has 0 saturated heterocycles. The number of aliphatic hydroxyl groups excluding tert-OH is 1. The molecule has 0 bridgehead atoms. The number of allylic oxidation sites excluding steroid dienone is 4. The van der Waals surface area contributed by atoms with E-state index in [4.69, 9.17) is 9.47 Å². The second kappa shape index (κ2) is 8.36. The summed E-state index contributed by atoms with van der Waals surface area (Å²) < 4.78 is 43.7. The van der Waals surface area contributed by atoms with Crippen LogP contribution in [0.1, 0.15) is 60.8 Å². The molecule has 2 N–H and O–H groups in total. The first kappa shape index (κ1) is 26.8. The van der Waals surface area contributed by atoms with Gasteiger partial charge in [-0.05, 0) is 62.7 Å². The van der Waals surface area contributed by atoms with E-state index in [0.717, 1.165) is 6.08 Å². The first-order chi connectivity index (χ1) is 16.6. The minimum absolute atomic E-state index is 0.00514. The number of ketones is 1. The number of carbonyl (C=O) groups is 3. The predicted octanol–water partition coefficient (Wildman–Crippen LogP) is 4.57. The smallest absolute Gasteiger partial charge is 0.478 e. The molecular weight excluding hydrogens is 474 g/mol. The Hall–Kier alpha value is -2.29. The van der Waals surface area contributed by atoms with Gasteiger partial charge in [-0.2, -0.15) is 0 Å². The fourth-order valence-electron chi connectivity index (χ4n) is 7.68. The molecule has 9 heteroatoms. The second-order valence-corrected chi connectivity index (χ2v) is 12.0. The van der Waals surface area contributed by atoms with Gasteiger partial charge in [0.25, 0.3) is 0 Å². The van der Waals surface area contributed by atoms with Gasteiger partial charge in [0.2, 0.25) is 5.60 Å². The standard InChI is InChI=1S/C27H36F2O7/c1-13(2)15(4)35-23(34)36-27(22(32)33)14(3)9-17-18-11-20(28)19-10-16(30)7-8-24(19,5)26(18,29)21(31)12-25(17,27)6/h7-8,10,13-15,17-18,20-21,31H,9,11-12H2,1-6H3,(H,32,33)/t14-,15?,17+,18+,20+,21+,24?,25+,26+,27+/m1/s1. The van der Waals surface area contributed by atoms with Crippen molar-refractivity contribution in [2.75, 3.05) is 0 Å². The number of carbonyl (C=O) groups excluding carboxylic acids is 2. The van der Waals surface area contributed by atoms with Crippen molar-refractivity contribution in [3.63, 3.8) is 0 Å². The molecule has 3 saturated carbocycles. The van der Waals surface area contributed by atoms with Crippen LogP contribution in [0.5, 0.6) is 0 Å². The molecule has 0 amide bonds. The van der Waals surface area contributed by atoms with E-state index in [9.17, 15) is 24.6 Å². The quantitative estimate of drug-likeness (QED) is 0.533. The molecule has 0 aromatic carbocycles. The SMILES string of the molecule is CC(C)C(C)OC(=O)O[C@]1(C(=O)O)[C@H](C)C[C@H]2[C@@H]3C[C@H](F)C4=CC(=O)C=CC4(C)[C@@]3(F)[C@@H](O)C[C@@]21C. The number of hydrogen-bond acceptors (Lipinski definition) is 6. The van der Waals surface area contributed by atoms with Gasteiger partial charge in [0.15, 0.2) is 11.5 Å². The molecule has 4 aliphatic carbocycles. The van der Waals surface area contributed by atoms with Gasteiger partial charge in [-0.15, -0.1) is 0 Å². The second-order valence-electron chi connectivity index (χ2n) is 12.0. The molecule has 4 rings (SSSR count). The predicted molar refractivity (Wildman–Crippen MR) is 125 cm³/mol. The Bertz CT molecular complexity index is 1040. The first-order valence-electron chi connectivity index (χ1n) is 12.7. The lowest BCUT2D eigenvalue weighted by Crippen LogP contribution is -2.71. The lowest BCUT2D eigenvalue weighted by atomic mass is 9.44. The first-order valence-corrected chi connectivity index (χ1v) is 12.7. The van der Waals surface area contributed by atoms with E-state index in [2.05, 4.69) is 0 Å². The molecule has 4 aliphatic rings. The highest BCUT2D eigenvalue weighted by Gasteiger charge is 2.78. The van der Waals surface area contributed by atoms with Crippen LogP contribution in [0.4, 0.5) is 13.6 Å². The summed E-state index contributed by atoms with van der Waals surface area (Å²) in [6.45, 7) is 10.0. The molecule has 0 aromatic rings. The zero-order chi connectivity index (χ0) is 27.0. The van der Waals surface area contributed by atoms with Crippen molar-refractivity contribution in [2.45, 2.75) is 90.5 Å². The van der Waals surface area contributed by atoms with Crippen LogP contribution in [0.25, 0.3) is 0 Å². The molecule has 0 spiro atoms. The van der Waals surface area contributed by atoms with Crippen LogP contribution in [0, 0.1) is 34.5 Å². The maximum absolute atomic E-state index is 17.2. The summed E-state index contributed by atoms with van der Waals surface area (Å²) in [6.07, 6.45) is -1.86. The van der Waals surface area contributed by atoms with Crippen LogP contribution in [0.15, 0.2) is 23.8 Å². The number of aliphatic carboxylic acids is 1. The highest BCUT2D eigenvalue weighted by Crippen LogP contribution is 2.71. The zero-order valence-corrected chi connectivity index (χ0v) is 21.6. The van der Waals surface area contributed by atoms with Gasteiger partial charge in [0.1, 0.15) is 12.3 Å². The van der Waals surface area contributed by atoms with Gasteiger partial charge >= 0.3 is 12.1 Å². The van der Waals surface area contributed by atoms with Crippen molar-refractivity contribution in [1.82, 2.24) is 0 Å². The van der Waals surface area contributed by atoms with Crippen molar-refractivity contribution in [1.29, 1.82) is 0 Å². The molecule has 200 valence electrons. The molecular formula is C27H36F2O7. The summed E-state index contributed by atoms with van der Waals surface area (Å²) in [6, 6.07) is 0. The number of hydrogen-bond donors (Lipinski definition) is 2.